The van der Waals surface area contributed by atoms with Crippen molar-refractivity contribution in [1.82, 2.24) is 0 Å². The lowest BCUT2D eigenvalue weighted by Crippen LogP contribution is -1.82. The highest BCUT2D eigenvalue weighted by Gasteiger charge is 1.97. The number of hydrogen-bond donors (Lipinski definition) is 0. The highest BCUT2D eigenvalue weighted by molar-refractivity contribution is 9.10. The van der Waals surface area contributed by atoms with Gasteiger partial charge in [0.25, 0.3) is 0 Å². The number of methoxy groups -OCH3 is 1. The van der Waals surface area contributed by atoms with E-state index in [0.717, 1.165) is 10.2 Å². The molecule has 0 N–H and O–H groups in total. The molecule has 0 saturated heterocycles. The van der Waals surface area contributed by atoms with Crippen LogP contribution in [0.25, 0.3) is 0 Å². The Morgan fingerprint density at radius 1 is 1.45 bits per heavy atom. The summed E-state index contributed by atoms with van der Waals surface area (Å²) in [4.78, 5) is 0. The molecule has 1 aromatic rings. The van der Waals surface area contributed by atoms with Crippen LogP contribution in [0.4, 0.5) is 0 Å². The minimum absolute atomic E-state index is 0. The van der Waals surface area contributed by atoms with Crippen molar-refractivity contribution in [2.45, 2.75) is 0 Å². The van der Waals surface area contributed by atoms with Gasteiger partial charge in [-0.25, -0.2) is 0 Å². The quantitative estimate of drug-likeness (QED) is 0.692. The number of rotatable bonds is 1. The Morgan fingerprint density at radius 3 is 2.55 bits per heavy atom. The molecule has 0 heterocycles. The van der Waals surface area contributed by atoms with Gasteiger partial charge in [0, 0.05) is 28.1 Å². The van der Waals surface area contributed by atoms with E-state index in [2.05, 4.69) is 15.9 Å². The van der Waals surface area contributed by atoms with Crippen LogP contribution in [0.2, 0.25) is 5.02 Å². The van der Waals surface area contributed by atoms with Crippen molar-refractivity contribution in [2.24, 2.45) is 0 Å². The topological polar surface area (TPSA) is 9.23 Å². The van der Waals surface area contributed by atoms with Gasteiger partial charge in [-0.15, -0.1) is 0 Å². The smallest absolute Gasteiger partial charge is 0.134 e. The maximum atomic E-state index is 5.69. The number of ether oxygens (including phenoxy) is 1. The highest BCUT2D eigenvalue weighted by atomic mass is 79.9. The molecule has 0 fully saturated rings. The van der Waals surface area contributed by atoms with Crippen LogP contribution in [-0.2, 0) is 0 Å². The molecule has 1 nitrogen and oxygen atoms in total. The van der Waals surface area contributed by atoms with E-state index in [1.807, 2.05) is 6.07 Å². The Balaban J connectivity index is 0.000001000. The average Bonchev–Trinajstić information content (AvgIpc) is 1.94. The SMILES string of the molecule is COc1cc(Cl)ccc1Br.[Mg]. The van der Waals surface area contributed by atoms with E-state index < -0.39 is 0 Å². The number of halogens is 2. The third-order valence-corrected chi connectivity index (χ3v) is 2.00. The van der Waals surface area contributed by atoms with Gasteiger partial charge in [-0.3, -0.25) is 0 Å². The normalized spacial score (nSPS) is 8.64. The van der Waals surface area contributed by atoms with E-state index in [4.69, 9.17) is 16.3 Å². The molecule has 0 bridgehead atoms. The van der Waals surface area contributed by atoms with Crippen molar-refractivity contribution in [3.05, 3.63) is 27.7 Å². The second kappa shape index (κ2) is 5.25. The van der Waals surface area contributed by atoms with Gasteiger partial charge in [0.05, 0.1) is 11.6 Å². The van der Waals surface area contributed by atoms with Crippen LogP contribution in [0.15, 0.2) is 22.7 Å². The third kappa shape index (κ3) is 3.19. The van der Waals surface area contributed by atoms with Crippen LogP contribution in [-0.4, -0.2) is 30.2 Å². The van der Waals surface area contributed by atoms with E-state index in [0.29, 0.717) is 5.02 Å². The predicted molar refractivity (Wildman–Crippen MR) is 51.5 cm³/mol. The van der Waals surface area contributed by atoms with Gasteiger partial charge < -0.3 is 4.74 Å². The second-order valence-corrected chi connectivity index (χ2v) is 3.07. The Hall–Kier alpha value is 0.556. The monoisotopic (exact) mass is 244 g/mol. The Labute approximate surface area is 95.4 Å². The lowest BCUT2D eigenvalue weighted by Gasteiger charge is -2.01. The molecular formula is C7H6BrClMgO. The third-order valence-electron chi connectivity index (χ3n) is 1.11. The first-order valence-corrected chi connectivity index (χ1v) is 3.90. The number of benzene rings is 1. The van der Waals surface area contributed by atoms with Gasteiger partial charge >= 0.3 is 0 Å². The van der Waals surface area contributed by atoms with Crippen LogP contribution in [0.5, 0.6) is 5.75 Å². The molecule has 0 aliphatic carbocycles. The standard InChI is InChI=1S/C7H6BrClO.Mg/c1-10-7-4-5(9)2-3-6(7)8;/h2-4H,1H3;. The summed E-state index contributed by atoms with van der Waals surface area (Å²) in [6, 6.07) is 5.40. The summed E-state index contributed by atoms with van der Waals surface area (Å²) in [5, 5.41) is 0.681. The fourth-order valence-electron chi connectivity index (χ4n) is 0.634. The van der Waals surface area contributed by atoms with E-state index in [1.165, 1.54) is 0 Å². The average molecular weight is 246 g/mol. The van der Waals surface area contributed by atoms with Gasteiger partial charge in [0.2, 0.25) is 0 Å². The van der Waals surface area contributed by atoms with Crippen LogP contribution >= 0.6 is 27.5 Å². The van der Waals surface area contributed by atoms with Gasteiger partial charge in [-0.1, -0.05) is 11.6 Å². The summed E-state index contributed by atoms with van der Waals surface area (Å²) < 4.78 is 5.91. The van der Waals surface area contributed by atoms with Crippen molar-refractivity contribution < 1.29 is 4.74 Å². The zero-order valence-corrected chi connectivity index (χ0v) is 9.86. The Kier molecular flexibility index (Phi) is 5.51. The molecule has 1 aromatic carbocycles. The molecular weight excluding hydrogens is 240 g/mol. The van der Waals surface area contributed by atoms with Gasteiger partial charge in [-0.05, 0) is 34.1 Å². The largest absolute Gasteiger partial charge is 0.496 e. The molecule has 0 aliphatic rings. The first kappa shape index (κ1) is 11.6. The van der Waals surface area contributed by atoms with Crippen LogP contribution < -0.4 is 4.74 Å². The van der Waals surface area contributed by atoms with Crippen molar-refractivity contribution in [2.75, 3.05) is 7.11 Å². The fourth-order valence-corrected chi connectivity index (χ4v) is 1.20. The molecule has 0 saturated carbocycles. The van der Waals surface area contributed by atoms with Crippen molar-refractivity contribution in [1.29, 1.82) is 0 Å². The zero-order chi connectivity index (χ0) is 7.56. The molecule has 0 aromatic heterocycles. The summed E-state index contributed by atoms with van der Waals surface area (Å²) in [7, 11) is 1.61. The first-order chi connectivity index (χ1) is 4.74. The van der Waals surface area contributed by atoms with E-state index in [-0.39, 0.29) is 23.1 Å². The number of hydrogen-bond acceptors (Lipinski definition) is 1. The lowest BCUT2D eigenvalue weighted by molar-refractivity contribution is 0.412. The van der Waals surface area contributed by atoms with Crippen molar-refractivity contribution in [3.63, 3.8) is 0 Å². The molecule has 0 atom stereocenters. The zero-order valence-electron chi connectivity index (χ0n) is 6.10. The van der Waals surface area contributed by atoms with E-state index in [9.17, 15) is 0 Å². The summed E-state index contributed by atoms with van der Waals surface area (Å²) >= 11 is 9.00. The molecule has 11 heavy (non-hydrogen) atoms. The fraction of sp³-hybridized carbons (Fsp3) is 0.143. The summed E-state index contributed by atoms with van der Waals surface area (Å²) in [5.41, 5.74) is 0. The predicted octanol–water partition coefficient (Wildman–Crippen LogP) is 2.73. The Bertz CT molecular complexity index is 242. The van der Waals surface area contributed by atoms with Crippen molar-refractivity contribution in [3.8, 4) is 5.75 Å². The molecule has 1 rings (SSSR count). The first-order valence-electron chi connectivity index (χ1n) is 2.73. The molecule has 56 valence electrons. The van der Waals surface area contributed by atoms with Crippen LogP contribution in [0.3, 0.4) is 0 Å². The highest BCUT2D eigenvalue weighted by Crippen LogP contribution is 2.27. The maximum Gasteiger partial charge on any atom is 0.134 e. The van der Waals surface area contributed by atoms with Gasteiger partial charge in [0.1, 0.15) is 5.75 Å². The second-order valence-electron chi connectivity index (χ2n) is 1.78. The Morgan fingerprint density at radius 2 is 2.09 bits per heavy atom. The minimum atomic E-state index is 0. The van der Waals surface area contributed by atoms with E-state index in [1.54, 1.807) is 19.2 Å². The molecule has 0 unspecified atom stereocenters. The van der Waals surface area contributed by atoms with E-state index >= 15 is 0 Å². The van der Waals surface area contributed by atoms with Crippen LogP contribution in [0.1, 0.15) is 0 Å². The molecule has 0 amide bonds. The molecule has 4 heteroatoms. The summed E-state index contributed by atoms with van der Waals surface area (Å²) in [6.07, 6.45) is 0. The van der Waals surface area contributed by atoms with Gasteiger partial charge in [0.15, 0.2) is 0 Å². The minimum Gasteiger partial charge on any atom is -0.496 e. The lowest BCUT2D eigenvalue weighted by atomic mass is 10.3. The summed E-state index contributed by atoms with van der Waals surface area (Å²) in [6.45, 7) is 0. The van der Waals surface area contributed by atoms with Crippen LogP contribution in [0, 0.1) is 0 Å². The van der Waals surface area contributed by atoms with Gasteiger partial charge in [-0.2, -0.15) is 0 Å². The summed E-state index contributed by atoms with van der Waals surface area (Å²) in [5.74, 6) is 0.757. The molecule has 2 radical (unpaired) electrons. The molecule has 0 aliphatic heterocycles. The molecule has 0 spiro atoms. The maximum absolute atomic E-state index is 5.69. The van der Waals surface area contributed by atoms with Crippen molar-refractivity contribution >= 4 is 50.6 Å².